The Kier molecular flexibility index (Phi) is 3.68. The predicted octanol–water partition coefficient (Wildman–Crippen LogP) is 5.47. The Morgan fingerprint density at radius 2 is 1.90 bits per heavy atom. The van der Waals surface area contributed by atoms with Crippen molar-refractivity contribution in [3.05, 3.63) is 56.9 Å². The molecule has 0 saturated carbocycles. The number of benzene rings is 2. The molecule has 3 aromatic rings. The Bertz CT molecular complexity index is 865. The molecule has 0 aliphatic heterocycles. The molecule has 0 fully saturated rings. The molecule has 0 N–H and O–H groups in total. The van der Waals surface area contributed by atoms with Crippen LogP contribution < -0.4 is 0 Å². The van der Waals surface area contributed by atoms with Crippen molar-refractivity contribution in [2.24, 2.45) is 0 Å². The van der Waals surface area contributed by atoms with Crippen molar-refractivity contribution in [1.29, 1.82) is 0 Å². The maximum absolute atomic E-state index is 14.2. The SMILES string of the molecule is Cc1cc(Br)c2nc(-c3cccc(C)c3F)nc(Cl)c2c1. The Morgan fingerprint density at radius 3 is 2.67 bits per heavy atom. The number of hydrogen-bond donors (Lipinski definition) is 0. The third-order valence-corrected chi connectivity index (χ3v) is 4.18. The highest BCUT2D eigenvalue weighted by molar-refractivity contribution is 9.10. The van der Waals surface area contributed by atoms with Crippen LogP contribution in [0.3, 0.4) is 0 Å². The summed E-state index contributed by atoms with van der Waals surface area (Å²) in [5, 5.41) is 1.07. The second-order valence-electron chi connectivity index (χ2n) is 4.92. The average Bonchev–Trinajstić information content (AvgIpc) is 2.43. The van der Waals surface area contributed by atoms with Crippen LogP contribution in [0.1, 0.15) is 11.1 Å². The largest absolute Gasteiger partial charge is 0.227 e. The van der Waals surface area contributed by atoms with Crippen molar-refractivity contribution < 1.29 is 4.39 Å². The van der Waals surface area contributed by atoms with Crippen LogP contribution in [0.5, 0.6) is 0 Å². The van der Waals surface area contributed by atoms with E-state index in [1.54, 1.807) is 25.1 Å². The number of aryl methyl sites for hydroxylation is 2. The predicted molar refractivity (Wildman–Crippen MR) is 87.1 cm³/mol. The highest BCUT2D eigenvalue weighted by atomic mass is 79.9. The maximum Gasteiger partial charge on any atom is 0.164 e. The van der Waals surface area contributed by atoms with Gasteiger partial charge in [0.05, 0.1) is 11.1 Å². The first-order chi connectivity index (χ1) is 9.97. The lowest BCUT2D eigenvalue weighted by atomic mass is 10.1. The minimum atomic E-state index is -0.323. The fraction of sp³-hybridized carbons (Fsp3) is 0.125. The highest BCUT2D eigenvalue weighted by Crippen LogP contribution is 2.31. The number of fused-ring (bicyclic) bond motifs is 1. The van der Waals surface area contributed by atoms with Crippen molar-refractivity contribution in [3.63, 3.8) is 0 Å². The molecule has 0 bridgehead atoms. The second kappa shape index (κ2) is 5.35. The van der Waals surface area contributed by atoms with Crippen molar-refractivity contribution in [3.8, 4) is 11.4 Å². The monoisotopic (exact) mass is 364 g/mol. The first kappa shape index (κ1) is 14.4. The second-order valence-corrected chi connectivity index (χ2v) is 6.13. The zero-order chi connectivity index (χ0) is 15.1. The molecule has 5 heteroatoms. The number of nitrogens with zero attached hydrogens (tertiary/aromatic N) is 2. The normalized spacial score (nSPS) is 11.1. The quantitative estimate of drug-likeness (QED) is 0.534. The summed E-state index contributed by atoms with van der Waals surface area (Å²) in [5.41, 5.74) is 2.63. The summed E-state index contributed by atoms with van der Waals surface area (Å²) in [5.74, 6) is -0.0330. The van der Waals surface area contributed by atoms with Crippen molar-refractivity contribution in [2.75, 3.05) is 0 Å². The Balaban J connectivity index is 2.33. The topological polar surface area (TPSA) is 25.8 Å². The van der Waals surface area contributed by atoms with E-state index in [2.05, 4.69) is 25.9 Å². The fourth-order valence-electron chi connectivity index (χ4n) is 2.23. The first-order valence-corrected chi connectivity index (χ1v) is 7.53. The molecule has 2 aromatic carbocycles. The Labute approximate surface area is 135 Å². The number of aromatic nitrogens is 2. The van der Waals surface area contributed by atoms with E-state index >= 15 is 0 Å². The summed E-state index contributed by atoms with van der Waals surface area (Å²) in [6.07, 6.45) is 0. The molecule has 0 radical (unpaired) electrons. The molecule has 21 heavy (non-hydrogen) atoms. The highest BCUT2D eigenvalue weighted by Gasteiger charge is 2.14. The molecule has 0 unspecified atom stereocenters. The van der Waals surface area contributed by atoms with E-state index in [-0.39, 0.29) is 5.82 Å². The van der Waals surface area contributed by atoms with Gasteiger partial charge in [-0.15, -0.1) is 0 Å². The molecule has 0 saturated heterocycles. The van der Waals surface area contributed by atoms with Crippen LogP contribution in [0.4, 0.5) is 4.39 Å². The van der Waals surface area contributed by atoms with Crippen molar-refractivity contribution in [2.45, 2.75) is 13.8 Å². The summed E-state index contributed by atoms with van der Waals surface area (Å²) < 4.78 is 15.1. The molecule has 1 heterocycles. The number of hydrogen-bond acceptors (Lipinski definition) is 2. The van der Waals surface area contributed by atoms with Gasteiger partial charge < -0.3 is 0 Å². The first-order valence-electron chi connectivity index (χ1n) is 6.36. The van der Waals surface area contributed by atoms with E-state index in [1.807, 2.05) is 19.1 Å². The zero-order valence-corrected chi connectivity index (χ0v) is 13.8. The van der Waals surface area contributed by atoms with E-state index in [4.69, 9.17) is 11.6 Å². The van der Waals surface area contributed by atoms with Crippen LogP contribution in [0.2, 0.25) is 5.15 Å². The summed E-state index contributed by atoms with van der Waals surface area (Å²) in [6, 6.07) is 9.00. The third kappa shape index (κ3) is 2.54. The molecule has 0 atom stereocenters. The molecule has 2 nitrogen and oxygen atoms in total. The summed E-state index contributed by atoms with van der Waals surface area (Å²) >= 11 is 9.73. The van der Waals surface area contributed by atoms with Gasteiger partial charge in [-0.3, -0.25) is 0 Å². The van der Waals surface area contributed by atoms with Crippen molar-refractivity contribution >= 4 is 38.4 Å². The van der Waals surface area contributed by atoms with Crippen LogP contribution in [-0.2, 0) is 0 Å². The van der Waals surface area contributed by atoms with E-state index in [1.165, 1.54) is 0 Å². The van der Waals surface area contributed by atoms with E-state index < -0.39 is 0 Å². The zero-order valence-electron chi connectivity index (χ0n) is 11.4. The Hall–Kier alpha value is -1.52. The fourth-order valence-corrected chi connectivity index (χ4v) is 3.12. The van der Waals surface area contributed by atoms with Crippen LogP contribution in [-0.4, -0.2) is 9.97 Å². The van der Waals surface area contributed by atoms with E-state index in [0.29, 0.717) is 27.6 Å². The van der Waals surface area contributed by atoms with Gasteiger partial charge >= 0.3 is 0 Å². The molecule has 0 amide bonds. The van der Waals surface area contributed by atoms with Crippen LogP contribution >= 0.6 is 27.5 Å². The molecular formula is C16H11BrClFN2. The summed E-state index contributed by atoms with van der Waals surface area (Å²) in [6.45, 7) is 3.68. The molecule has 106 valence electrons. The van der Waals surface area contributed by atoms with Gasteiger partial charge in [0.1, 0.15) is 11.0 Å². The molecular weight excluding hydrogens is 355 g/mol. The lowest BCUT2D eigenvalue weighted by molar-refractivity contribution is 0.621. The number of rotatable bonds is 1. The van der Waals surface area contributed by atoms with Gasteiger partial charge in [0.25, 0.3) is 0 Å². The van der Waals surface area contributed by atoms with Gasteiger partial charge in [0.15, 0.2) is 5.82 Å². The van der Waals surface area contributed by atoms with Gasteiger partial charge in [-0.05, 0) is 59.1 Å². The van der Waals surface area contributed by atoms with E-state index in [0.717, 1.165) is 15.4 Å². The summed E-state index contributed by atoms with van der Waals surface area (Å²) in [4.78, 5) is 8.72. The van der Waals surface area contributed by atoms with Gasteiger partial charge in [-0.2, -0.15) is 0 Å². The van der Waals surface area contributed by atoms with Gasteiger partial charge in [-0.1, -0.05) is 23.7 Å². The van der Waals surface area contributed by atoms with Crippen LogP contribution in [0, 0.1) is 19.7 Å². The van der Waals surface area contributed by atoms with Crippen molar-refractivity contribution in [1.82, 2.24) is 9.97 Å². The summed E-state index contributed by atoms with van der Waals surface area (Å²) in [7, 11) is 0. The number of halogens is 3. The molecule has 3 rings (SSSR count). The lowest BCUT2D eigenvalue weighted by Crippen LogP contribution is -1.96. The van der Waals surface area contributed by atoms with Crippen LogP contribution in [0.15, 0.2) is 34.8 Å². The standard InChI is InChI=1S/C16H11BrClFN2/c1-8-6-11-14(12(17)7-8)20-16(21-15(11)18)10-5-3-4-9(2)13(10)19/h3-7H,1-2H3. The van der Waals surface area contributed by atoms with E-state index in [9.17, 15) is 4.39 Å². The van der Waals surface area contributed by atoms with Gasteiger partial charge in [0, 0.05) is 9.86 Å². The molecule has 1 aromatic heterocycles. The lowest BCUT2D eigenvalue weighted by Gasteiger charge is -2.09. The molecule has 0 aliphatic carbocycles. The van der Waals surface area contributed by atoms with Crippen LogP contribution in [0.25, 0.3) is 22.3 Å². The molecule has 0 aliphatic rings. The third-order valence-electron chi connectivity index (χ3n) is 3.28. The average molecular weight is 366 g/mol. The Morgan fingerprint density at radius 1 is 1.14 bits per heavy atom. The maximum atomic E-state index is 14.2. The smallest absolute Gasteiger partial charge is 0.164 e. The minimum Gasteiger partial charge on any atom is -0.227 e. The van der Waals surface area contributed by atoms with Gasteiger partial charge in [-0.25, -0.2) is 14.4 Å². The van der Waals surface area contributed by atoms with Gasteiger partial charge in [0.2, 0.25) is 0 Å². The molecule has 0 spiro atoms. The minimum absolute atomic E-state index is 0.290.